The number of nitrogens with zero attached hydrogens (tertiary/aromatic N) is 2. The predicted molar refractivity (Wildman–Crippen MR) is 261 cm³/mol. The van der Waals surface area contributed by atoms with Crippen LogP contribution >= 0.6 is 11.6 Å². The zero-order chi connectivity index (χ0) is 43.6. The number of halogens is 1. The summed E-state index contributed by atoms with van der Waals surface area (Å²) < 4.78 is 0. The normalized spacial score (nSPS) is 11.5. The molecule has 7 nitrogen and oxygen atoms in total. The lowest BCUT2D eigenvalue weighted by Gasteiger charge is -2.30. The van der Waals surface area contributed by atoms with Gasteiger partial charge in [-0.2, -0.15) is 0 Å². The minimum atomic E-state index is -0.285. The van der Waals surface area contributed by atoms with E-state index in [9.17, 15) is 25.5 Å². The van der Waals surface area contributed by atoms with Crippen molar-refractivity contribution in [1.29, 1.82) is 0 Å². The molecule has 0 unspecified atom stereocenters. The van der Waals surface area contributed by atoms with Crippen molar-refractivity contribution in [1.82, 2.24) is 0 Å². The number of phenols is 5. The fourth-order valence-electron chi connectivity index (χ4n) is 9.33. The van der Waals surface area contributed by atoms with Gasteiger partial charge in [0.15, 0.2) is 0 Å². The highest BCUT2D eigenvalue weighted by Gasteiger charge is 2.27. The van der Waals surface area contributed by atoms with Crippen molar-refractivity contribution in [3.63, 3.8) is 0 Å². The van der Waals surface area contributed by atoms with Crippen molar-refractivity contribution in [3.05, 3.63) is 199 Å². The zero-order valence-corrected chi connectivity index (χ0v) is 34.7. The third kappa shape index (κ3) is 6.29. The highest BCUT2D eigenvalue weighted by atomic mass is 35.5. The number of anilines is 6. The van der Waals surface area contributed by atoms with Gasteiger partial charge >= 0.3 is 0 Å². The maximum atomic E-state index is 11.5. The SMILES string of the molecule is Oc1cc(O)c(N(c2ccc(-c3ccccc3)cc2)c2ccc3c4cccc5c(N(c6ccc(-c7ccccc7)cc6)c6c(O)cc(O)cc6Cl)ccc(c6cccc2c36)c54)c(O)c1. The second-order valence-electron chi connectivity index (χ2n) is 15.8. The van der Waals surface area contributed by atoms with E-state index >= 15 is 0 Å². The number of benzene rings is 11. The van der Waals surface area contributed by atoms with E-state index in [-0.39, 0.29) is 39.5 Å². The van der Waals surface area contributed by atoms with Crippen LogP contribution in [0.25, 0.3) is 65.3 Å². The molecule has 0 aromatic heterocycles. The fraction of sp³-hybridized carbons (Fsp3) is 0. The van der Waals surface area contributed by atoms with Crippen LogP contribution < -0.4 is 9.80 Å². The van der Waals surface area contributed by atoms with Crippen LogP contribution in [0.1, 0.15) is 0 Å². The monoisotopic (exact) mass is 852 g/mol. The molecular formula is C56H37ClN2O5. The smallest absolute Gasteiger partial charge is 0.147 e. The van der Waals surface area contributed by atoms with E-state index in [0.29, 0.717) is 17.1 Å². The first kappa shape index (κ1) is 38.5. The zero-order valence-electron chi connectivity index (χ0n) is 34.0. The van der Waals surface area contributed by atoms with E-state index in [2.05, 4.69) is 42.5 Å². The summed E-state index contributed by atoms with van der Waals surface area (Å²) in [5, 5.41) is 63.1. The highest BCUT2D eigenvalue weighted by Crippen LogP contribution is 2.53. The van der Waals surface area contributed by atoms with Crippen molar-refractivity contribution in [2.45, 2.75) is 0 Å². The number of phenolic OH excluding ortho intramolecular Hbond substituents is 5. The lowest BCUT2D eigenvalue weighted by atomic mass is 9.88. The highest BCUT2D eigenvalue weighted by molar-refractivity contribution is 6.36. The number of fused-ring (bicyclic) bond motifs is 2. The van der Waals surface area contributed by atoms with Gasteiger partial charge in [0, 0.05) is 46.4 Å². The van der Waals surface area contributed by atoms with E-state index in [0.717, 1.165) is 76.7 Å². The van der Waals surface area contributed by atoms with Crippen molar-refractivity contribution in [2.24, 2.45) is 0 Å². The number of aromatic hydroxyl groups is 5. The molecule has 308 valence electrons. The maximum Gasteiger partial charge on any atom is 0.147 e. The minimum Gasteiger partial charge on any atom is -0.508 e. The Hall–Kier alpha value is -8.39. The first-order chi connectivity index (χ1) is 31.2. The number of hydrogen-bond acceptors (Lipinski definition) is 7. The summed E-state index contributed by atoms with van der Waals surface area (Å²) in [6.45, 7) is 0. The van der Waals surface area contributed by atoms with E-state index < -0.39 is 0 Å². The summed E-state index contributed by atoms with van der Waals surface area (Å²) in [6, 6.07) is 62.0. The Labute approximate surface area is 372 Å². The lowest BCUT2D eigenvalue weighted by Crippen LogP contribution is -2.12. The largest absolute Gasteiger partial charge is 0.508 e. The molecule has 64 heavy (non-hydrogen) atoms. The van der Waals surface area contributed by atoms with E-state index in [4.69, 9.17) is 11.6 Å². The Morgan fingerprint density at radius 2 is 0.672 bits per heavy atom. The molecule has 0 amide bonds. The summed E-state index contributed by atoms with van der Waals surface area (Å²) in [7, 11) is 0. The maximum absolute atomic E-state index is 11.5. The topological polar surface area (TPSA) is 108 Å². The summed E-state index contributed by atoms with van der Waals surface area (Å²) >= 11 is 6.91. The van der Waals surface area contributed by atoms with Gasteiger partial charge in [-0.15, -0.1) is 0 Å². The summed E-state index contributed by atoms with van der Waals surface area (Å²) in [5.41, 5.74) is 7.54. The van der Waals surface area contributed by atoms with Gasteiger partial charge in [-0.05, 0) is 91.0 Å². The molecule has 0 spiro atoms. The number of rotatable bonds is 8. The molecule has 0 bridgehead atoms. The van der Waals surface area contributed by atoms with Crippen LogP contribution in [0.5, 0.6) is 28.7 Å². The van der Waals surface area contributed by atoms with Gasteiger partial charge in [0.2, 0.25) is 0 Å². The first-order valence-corrected chi connectivity index (χ1v) is 21.1. The van der Waals surface area contributed by atoms with E-state index in [1.54, 1.807) is 0 Å². The quantitative estimate of drug-likeness (QED) is 0.0765. The Bertz CT molecular complexity index is 3260. The molecular weight excluding hydrogens is 816 g/mol. The third-order valence-electron chi connectivity index (χ3n) is 12.1. The second kappa shape index (κ2) is 15.2. The molecule has 0 aliphatic heterocycles. The molecule has 11 aromatic rings. The van der Waals surface area contributed by atoms with Crippen molar-refractivity contribution in [2.75, 3.05) is 9.80 Å². The van der Waals surface area contributed by atoms with Crippen LogP contribution in [0.4, 0.5) is 34.1 Å². The van der Waals surface area contributed by atoms with Gasteiger partial charge < -0.3 is 35.3 Å². The molecule has 0 atom stereocenters. The Kier molecular flexibility index (Phi) is 9.15. The van der Waals surface area contributed by atoms with Gasteiger partial charge in [0.25, 0.3) is 0 Å². The van der Waals surface area contributed by atoms with Crippen LogP contribution in [0, 0.1) is 0 Å². The average Bonchev–Trinajstić information content (AvgIpc) is 3.31. The third-order valence-corrected chi connectivity index (χ3v) is 12.4. The van der Waals surface area contributed by atoms with E-state index in [1.165, 1.54) is 24.3 Å². The Morgan fingerprint density at radius 1 is 0.312 bits per heavy atom. The molecule has 8 heteroatoms. The molecule has 0 heterocycles. The van der Waals surface area contributed by atoms with Crippen LogP contribution in [-0.2, 0) is 0 Å². The fourth-order valence-corrected chi connectivity index (χ4v) is 9.62. The van der Waals surface area contributed by atoms with Gasteiger partial charge in [-0.3, -0.25) is 0 Å². The Balaban J connectivity index is 1.13. The van der Waals surface area contributed by atoms with E-state index in [1.807, 2.05) is 137 Å². The standard InChI is InChI=1S/C56H37ClN2O5/c57-47-29-39(60)30-50(62)55(47)58(37-21-17-35(18-22-37)33-9-3-1-4-10-33)48-27-25-43-42-14-8-16-46-49(28-26-44(54(42)46)41-13-7-15-45(48)53(41)43)59(56-51(63)31-40(61)32-52(56)64)38-23-19-36(20-24-38)34-11-5-2-6-12-34/h1-32,60-64H. The van der Waals surface area contributed by atoms with Crippen LogP contribution in [0.15, 0.2) is 194 Å². The average molecular weight is 853 g/mol. The summed E-state index contributed by atoms with van der Waals surface area (Å²) in [4.78, 5) is 3.77. The molecule has 5 N–H and O–H groups in total. The minimum absolute atomic E-state index is 0.127. The first-order valence-electron chi connectivity index (χ1n) is 20.7. The van der Waals surface area contributed by atoms with Gasteiger partial charge in [-0.25, -0.2) is 0 Å². The van der Waals surface area contributed by atoms with Gasteiger partial charge in [-0.1, -0.05) is 145 Å². The lowest BCUT2D eigenvalue weighted by molar-refractivity contribution is 0.429. The van der Waals surface area contributed by atoms with Crippen molar-refractivity contribution in [3.8, 4) is 51.0 Å². The second-order valence-corrected chi connectivity index (χ2v) is 16.3. The van der Waals surface area contributed by atoms with Crippen LogP contribution in [0.2, 0.25) is 5.02 Å². The van der Waals surface area contributed by atoms with Gasteiger partial charge in [0.1, 0.15) is 40.1 Å². The molecule has 11 aromatic carbocycles. The summed E-state index contributed by atoms with van der Waals surface area (Å²) in [6.07, 6.45) is 0. The molecule has 0 aliphatic rings. The molecule has 0 saturated heterocycles. The van der Waals surface area contributed by atoms with Gasteiger partial charge in [0.05, 0.1) is 16.4 Å². The van der Waals surface area contributed by atoms with Crippen molar-refractivity contribution >= 4 is 88.8 Å². The summed E-state index contributed by atoms with van der Waals surface area (Å²) in [5.74, 6) is -1.15. The van der Waals surface area contributed by atoms with Crippen molar-refractivity contribution < 1.29 is 25.5 Å². The molecule has 0 aliphatic carbocycles. The van der Waals surface area contributed by atoms with Crippen LogP contribution in [0.3, 0.4) is 0 Å². The van der Waals surface area contributed by atoms with Crippen LogP contribution in [-0.4, -0.2) is 25.5 Å². The molecule has 0 radical (unpaired) electrons. The predicted octanol–water partition coefficient (Wildman–Crippen LogP) is 15.2. The molecule has 0 fully saturated rings. The molecule has 0 saturated carbocycles. The Morgan fingerprint density at radius 3 is 1.11 bits per heavy atom. The number of hydrogen-bond donors (Lipinski definition) is 5. The molecule has 11 rings (SSSR count).